The van der Waals surface area contributed by atoms with Gasteiger partial charge >= 0.3 is 0 Å². The van der Waals surface area contributed by atoms with Crippen molar-refractivity contribution in [3.05, 3.63) is 10.7 Å². The Hall–Kier alpha value is -0.430. The number of hydrogen-bond acceptors (Lipinski definition) is 5. The Morgan fingerprint density at radius 2 is 2.14 bits per heavy atom. The van der Waals surface area contributed by atoms with Crippen LogP contribution in [0.1, 0.15) is 30.4 Å². The van der Waals surface area contributed by atoms with Gasteiger partial charge in [-0.2, -0.15) is 0 Å². The second-order valence-corrected chi connectivity index (χ2v) is 6.23. The third-order valence-electron chi connectivity index (χ3n) is 2.27. The van der Waals surface area contributed by atoms with Crippen molar-refractivity contribution in [1.82, 2.24) is 10.2 Å². The summed E-state index contributed by atoms with van der Waals surface area (Å²) in [6.07, 6.45) is 2.20. The number of nitrogens with zero attached hydrogens (tertiary/aromatic N) is 2. The second kappa shape index (κ2) is 3.62. The molecule has 0 amide bonds. The summed E-state index contributed by atoms with van der Waals surface area (Å²) in [5.41, 5.74) is 0. The van der Waals surface area contributed by atoms with Crippen LogP contribution < -0.4 is 0 Å². The molecule has 0 spiro atoms. The van der Waals surface area contributed by atoms with Crippen molar-refractivity contribution in [1.29, 1.82) is 0 Å². The van der Waals surface area contributed by atoms with Crippen LogP contribution in [0.4, 0.5) is 0 Å². The average Bonchev–Trinajstić information content (AvgIpc) is 2.51. The van der Waals surface area contributed by atoms with E-state index in [1.54, 1.807) is 0 Å². The Balaban J connectivity index is 2.33. The van der Waals surface area contributed by atoms with Gasteiger partial charge in [-0.25, -0.2) is 8.42 Å². The second-order valence-electron chi connectivity index (χ2n) is 3.24. The fourth-order valence-electron chi connectivity index (χ4n) is 1.58. The van der Waals surface area contributed by atoms with Crippen molar-refractivity contribution in [2.45, 2.75) is 24.5 Å². The molecule has 1 aliphatic heterocycles. The van der Waals surface area contributed by atoms with Crippen LogP contribution in [0.2, 0.25) is 0 Å². The molecule has 0 aromatic carbocycles. The SMILES string of the molecule is O=S1(=O)CCCCC1c1nnc(Br)o1. The lowest BCUT2D eigenvalue weighted by Crippen LogP contribution is -2.21. The number of rotatable bonds is 1. The van der Waals surface area contributed by atoms with E-state index in [-0.39, 0.29) is 16.4 Å². The molecule has 1 aromatic heterocycles. The van der Waals surface area contributed by atoms with Crippen molar-refractivity contribution in [2.75, 3.05) is 5.75 Å². The molecule has 1 fully saturated rings. The van der Waals surface area contributed by atoms with Crippen LogP contribution in [0.5, 0.6) is 0 Å². The molecule has 14 heavy (non-hydrogen) atoms. The molecule has 0 aliphatic carbocycles. The van der Waals surface area contributed by atoms with Crippen LogP contribution in [0.15, 0.2) is 9.22 Å². The van der Waals surface area contributed by atoms with E-state index >= 15 is 0 Å². The first kappa shape index (κ1) is 10.1. The van der Waals surface area contributed by atoms with Gasteiger partial charge in [0.1, 0.15) is 5.25 Å². The number of aromatic nitrogens is 2. The van der Waals surface area contributed by atoms with E-state index in [9.17, 15) is 8.42 Å². The molecule has 1 aliphatic rings. The van der Waals surface area contributed by atoms with Gasteiger partial charge in [-0.15, -0.1) is 10.2 Å². The zero-order valence-electron chi connectivity index (χ0n) is 7.31. The fraction of sp³-hybridized carbons (Fsp3) is 0.714. The summed E-state index contributed by atoms with van der Waals surface area (Å²) in [6, 6.07) is 0. The Bertz CT molecular complexity index is 428. The number of sulfone groups is 1. The highest BCUT2D eigenvalue weighted by atomic mass is 79.9. The summed E-state index contributed by atoms with van der Waals surface area (Å²) < 4.78 is 28.4. The summed E-state index contributed by atoms with van der Waals surface area (Å²) in [5, 5.41) is 6.68. The van der Waals surface area contributed by atoms with E-state index < -0.39 is 15.1 Å². The van der Waals surface area contributed by atoms with Gasteiger partial charge in [-0.05, 0) is 12.8 Å². The summed E-state index contributed by atoms with van der Waals surface area (Å²) in [5.74, 6) is 0.425. The Morgan fingerprint density at radius 1 is 1.36 bits per heavy atom. The van der Waals surface area contributed by atoms with E-state index in [4.69, 9.17) is 4.42 Å². The van der Waals surface area contributed by atoms with Crippen molar-refractivity contribution < 1.29 is 12.8 Å². The molecule has 1 atom stereocenters. The van der Waals surface area contributed by atoms with Crippen LogP contribution in [-0.2, 0) is 9.84 Å². The molecular formula is C7H9BrN2O3S. The third-order valence-corrected chi connectivity index (χ3v) is 4.75. The van der Waals surface area contributed by atoms with Gasteiger partial charge in [0.05, 0.1) is 5.75 Å². The largest absolute Gasteiger partial charge is 0.414 e. The van der Waals surface area contributed by atoms with Gasteiger partial charge in [0.15, 0.2) is 9.84 Å². The average molecular weight is 281 g/mol. The highest BCUT2D eigenvalue weighted by Gasteiger charge is 2.34. The Labute approximate surface area is 89.9 Å². The predicted molar refractivity (Wildman–Crippen MR) is 52.4 cm³/mol. The van der Waals surface area contributed by atoms with Gasteiger partial charge in [0.25, 0.3) is 4.80 Å². The zero-order valence-corrected chi connectivity index (χ0v) is 9.71. The predicted octanol–water partition coefficient (Wildman–Crippen LogP) is 1.47. The van der Waals surface area contributed by atoms with Gasteiger partial charge in [-0.3, -0.25) is 0 Å². The quantitative estimate of drug-likeness (QED) is 0.779. The minimum absolute atomic E-state index is 0.205. The van der Waals surface area contributed by atoms with Crippen LogP contribution >= 0.6 is 15.9 Å². The van der Waals surface area contributed by atoms with Gasteiger partial charge in [0.2, 0.25) is 5.89 Å². The fourth-order valence-corrected chi connectivity index (χ4v) is 3.64. The number of halogens is 1. The lowest BCUT2D eigenvalue weighted by Gasteiger charge is -2.18. The first-order chi connectivity index (χ1) is 6.59. The molecule has 7 heteroatoms. The molecule has 78 valence electrons. The van der Waals surface area contributed by atoms with Crippen molar-refractivity contribution in [3.63, 3.8) is 0 Å². The van der Waals surface area contributed by atoms with E-state index in [1.165, 1.54) is 0 Å². The molecule has 1 unspecified atom stereocenters. The normalized spacial score (nSPS) is 26.2. The smallest absolute Gasteiger partial charge is 0.284 e. The molecule has 1 aromatic rings. The maximum absolute atomic E-state index is 11.6. The van der Waals surface area contributed by atoms with Crippen molar-refractivity contribution >= 4 is 25.8 Å². The maximum atomic E-state index is 11.6. The lowest BCUT2D eigenvalue weighted by molar-refractivity contribution is 0.438. The minimum Gasteiger partial charge on any atom is -0.414 e. The van der Waals surface area contributed by atoms with E-state index in [0.29, 0.717) is 6.42 Å². The molecule has 0 N–H and O–H groups in total. The molecule has 2 rings (SSSR count). The first-order valence-corrected chi connectivity index (χ1v) is 6.81. The molecule has 2 heterocycles. The molecule has 5 nitrogen and oxygen atoms in total. The van der Waals surface area contributed by atoms with Crippen molar-refractivity contribution in [2.24, 2.45) is 0 Å². The zero-order chi connectivity index (χ0) is 10.2. The first-order valence-electron chi connectivity index (χ1n) is 4.30. The number of hydrogen-bond donors (Lipinski definition) is 0. The molecule has 0 bridgehead atoms. The monoisotopic (exact) mass is 280 g/mol. The van der Waals surface area contributed by atoms with Crippen LogP contribution in [0.3, 0.4) is 0 Å². The Morgan fingerprint density at radius 3 is 2.71 bits per heavy atom. The van der Waals surface area contributed by atoms with Crippen molar-refractivity contribution in [3.8, 4) is 0 Å². The van der Waals surface area contributed by atoms with Gasteiger partial charge in [-0.1, -0.05) is 6.42 Å². The van der Waals surface area contributed by atoms with Gasteiger partial charge < -0.3 is 4.42 Å². The third kappa shape index (κ3) is 1.83. The molecular weight excluding hydrogens is 272 g/mol. The molecule has 1 saturated heterocycles. The summed E-state index contributed by atoms with van der Waals surface area (Å²) in [4.78, 5) is 0.230. The summed E-state index contributed by atoms with van der Waals surface area (Å²) >= 11 is 3.00. The van der Waals surface area contributed by atoms with Crippen LogP contribution in [-0.4, -0.2) is 24.4 Å². The standard InChI is InChI=1S/C7H9BrN2O3S/c8-7-10-9-6(13-7)5-3-1-2-4-14(5,11)12/h5H,1-4H2. The van der Waals surface area contributed by atoms with Crippen LogP contribution in [0.25, 0.3) is 0 Å². The minimum atomic E-state index is -3.08. The highest BCUT2D eigenvalue weighted by molar-refractivity contribution is 9.10. The van der Waals surface area contributed by atoms with E-state index in [2.05, 4.69) is 26.1 Å². The topological polar surface area (TPSA) is 73.1 Å². The lowest BCUT2D eigenvalue weighted by atomic mass is 10.2. The van der Waals surface area contributed by atoms with E-state index in [0.717, 1.165) is 12.8 Å². The Kier molecular flexibility index (Phi) is 2.61. The van der Waals surface area contributed by atoms with Crippen LogP contribution in [0, 0.1) is 0 Å². The van der Waals surface area contributed by atoms with E-state index in [1.807, 2.05) is 0 Å². The van der Waals surface area contributed by atoms with Gasteiger partial charge in [0, 0.05) is 15.9 Å². The molecule has 0 saturated carbocycles. The maximum Gasteiger partial charge on any atom is 0.284 e. The molecule has 0 radical (unpaired) electrons. The summed E-state index contributed by atoms with van der Waals surface area (Å²) in [6.45, 7) is 0. The highest BCUT2D eigenvalue weighted by Crippen LogP contribution is 2.32. The summed E-state index contributed by atoms with van der Waals surface area (Å²) in [7, 11) is -3.08.